The summed E-state index contributed by atoms with van der Waals surface area (Å²) in [5, 5.41) is 14.1. The molecule has 0 bridgehead atoms. The van der Waals surface area contributed by atoms with Gasteiger partial charge in [-0.1, -0.05) is 13.3 Å². The van der Waals surface area contributed by atoms with Crippen LogP contribution < -0.4 is 10.6 Å². The molecule has 1 rings (SSSR count). The number of nitrogens with one attached hydrogen (secondary N) is 2. The molecule has 0 spiro atoms. The Morgan fingerprint density at radius 3 is 2.56 bits per heavy atom. The van der Waals surface area contributed by atoms with Gasteiger partial charge in [0.1, 0.15) is 5.54 Å². The number of carbonyl (C=O) groups is 2. The normalized spacial score (nSPS) is 23.7. The van der Waals surface area contributed by atoms with E-state index in [-0.39, 0.29) is 6.04 Å². The number of urea groups is 1. The Labute approximate surface area is 95.6 Å². The number of carbonyl (C=O) groups excluding carboxylic acids is 1. The van der Waals surface area contributed by atoms with Gasteiger partial charge in [0, 0.05) is 6.04 Å². The van der Waals surface area contributed by atoms with Crippen LogP contribution in [0.3, 0.4) is 0 Å². The average Bonchev–Trinajstić information content (AvgIpc) is 2.82. The zero-order chi connectivity index (χ0) is 12.3. The van der Waals surface area contributed by atoms with Gasteiger partial charge in [-0.05, 0) is 32.6 Å². The van der Waals surface area contributed by atoms with E-state index in [0.717, 1.165) is 19.3 Å². The van der Waals surface area contributed by atoms with Crippen LogP contribution in [-0.2, 0) is 4.79 Å². The maximum absolute atomic E-state index is 11.5. The minimum Gasteiger partial charge on any atom is -0.480 e. The van der Waals surface area contributed by atoms with E-state index in [1.807, 2.05) is 0 Å². The molecule has 1 saturated carbocycles. The van der Waals surface area contributed by atoms with Crippen LogP contribution in [0.4, 0.5) is 4.79 Å². The van der Waals surface area contributed by atoms with E-state index in [2.05, 4.69) is 17.6 Å². The molecule has 2 unspecified atom stereocenters. The third kappa shape index (κ3) is 3.40. The van der Waals surface area contributed by atoms with E-state index in [1.165, 1.54) is 13.8 Å². The van der Waals surface area contributed by atoms with Crippen molar-refractivity contribution in [1.29, 1.82) is 0 Å². The third-order valence-electron chi connectivity index (χ3n) is 2.86. The Bertz CT molecular complexity index is 289. The van der Waals surface area contributed by atoms with Crippen molar-refractivity contribution in [1.82, 2.24) is 10.6 Å². The molecular formula is C11H20N2O3. The number of carboxylic acids is 1. The van der Waals surface area contributed by atoms with Crippen LogP contribution in [0, 0.1) is 5.92 Å². The Morgan fingerprint density at radius 1 is 1.44 bits per heavy atom. The molecule has 0 heterocycles. The molecule has 1 aliphatic carbocycles. The van der Waals surface area contributed by atoms with Crippen molar-refractivity contribution < 1.29 is 14.7 Å². The number of rotatable bonds is 5. The van der Waals surface area contributed by atoms with E-state index in [9.17, 15) is 9.59 Å². The van der Waals surface area contributed by atoms with Gasteiger partial charge in [-0.3, -0.25) is 0 Å². The first kappa shape index (κ1) is 12.8. The van der Waals surface area contributed by atoms with Crippen LogP contribution >= 0.6 is 0 Å². The lowest BCUT2D eigenvalue weighted by molar-refractivity contribution is -0.142. The van der Waals surface area contributed by atoms with Gasteiger partial charge >= 0.3 is 12.0 Å². The second-order valence-corrected chi connectivity index (χ2v) is 4.92. The first-order chi connectivity index (χ1) is 7.36. The molecule has 2 amide bonds. The molecule has 0 aliphatic heterocycles. The molecule has 2 atom stereocenters. The minimum atomic E-state index is -1.22. The number of amides is 2. The number of aliphatic carboxylic acids is 1. The molecule has 16 heavy (non-hydrogen) atoms. The molecule has 92 valence electrons. The maximum atomic E-state index is 11.5. The van der Waals surface area contributed by atoms with Crippen molar-refractivity contribution in [3.63, 3.8) is 0 Å². The summed E-state index contributed by atoms with van der Waals surface area (Å²) in [6.07, 6.45) is 3.24. The van der Waals surface area contributed by atoms with Gasteiger partial charge in [-0.15, -0.1) is 0 Å². The molecule has 1 aliphatic rings. The van der Waals surface area contributed by atoms with Crippen molar-refractivity contribution in [2.75, 3.05) is 0 Å². The van der Waals surface area contributed by atoms with Crippen LogP contribution in [0.1, 0.15) is 40.0 Å². The Kier molecular flexibility index (Phi) is 3.78. The smallest absolute Gasteiger partial charge is 0.328 e. The predicted molar refractivity (Wildman–Crippen MR) is 60.2 cm³/mol. The van der Waals surface area contributed by atoms with Crippen molar-refractivity contribution in [3.05, 3.63) is 0 Å². The highest BCUT2D eigenvalue weighted by Gasteiger charge is 2.38. The van der Waals surface area contributed by atoms with E-state index >= 15 is 0 Å². The molecule has 1 fully saturated rings. The summed E-state index contributed by atoms with van der Waals surface area (Å²) in [4.78, 5) is 22.3. The third-order valence-corrected chi connectivity index (χ3v) is 2.86. The van der Waals surface area contributed by atoms with Crippen LogP contribution in [-0.4, -0.2) is 28.7 Å². The zero-order valence-corrected chi connectivity index (χ0v) is 10.0. The lowest BCUT2D eigenvalue weighted by Gasteiger charge is -2.21. The van der Waals surface area contributed by atoms with Gasteiger partial charge in [0.2, 0.25) is 0 Å². The molecule has 0 aromatic carbocycles. The number of carboxylic acid groups (broad SMARTS) is 1. The maximum Gasteiger partial charge on any atom is 0.328 e. The zero-order valence-electron chi connectivity index (χ0n) is 10.0. The van der Waals surface area contributed by atoms with E-state index in [4.69, 9.17) is 5.11 Å². The highest BCUT2D eigenvalue weighted by Crippen LogP contribution is 2.34. The van der Waals surface area contributed by atoms with Gasteiger partial charge in [0.25, 0.3) is 0 Å². The van der Waals surface area contributed by atoms with Crippen LogP contribution in [0.15, 0.2) is 0 Å². The Balaban J connectivity index is 2.30. The summed E-state index contributed by atoms with van der Waals surface area (Å²) >= 11 is 0. The summed E-state index contributed by atoms with van der Waals surface area (Å²) in [5.41, 5.74) is -1.22. The topological polar surface area (TPSA) is 78.4 Å². The second kappa shape index (κ2) is 4.72. The summed E-state index contributed by atoms with van der Waals surface area (Å²) in [5.74, 6) is -0.466. The van der Waals surface area contributed by atoms with E-state index < -0.39 is 17.5 Å². The summed E-state index contributed by atoms with van der Waals surface area (Å²) in [6, 6.07) is -0.166. The molecule has 5 heteroatoms. The first-order valence-electron chi connectivity index (χ1n) is 5.69. The lowest BCUT2D eigenvalue weighted by Crippen LogP contribution is -2.53. The van der Waals surface area contributed by atoms with Gasteiger partial charge in [-0.2, -0.15) is 0 Å². The van der Waals surface area contributed by atoms with Crippen molar-refractivity contribution in [2.24, 2.45) is 5.92 Å². The number of hydrogen-bond acceptors (Lipinski definition) is 2. The van der Waals surface area contributed by atoms with Crippen molar-refractivity contribution in [3.8, 4) is 0 Å². The summed E-state index contributed by atoms with van der Waals surface area (Å²) in [7, 11) is 0. The van der Waals surface area contributed by atoms with Crippen LogP contribution in [0.5, 0.6) is 0 Å². The highest BCUT2D eigenvalue weighted by atomic mass is 16.4. The highest BCUT2D eigenvalue weighted by molar-refractivity contribution is 5.85. The second-order valence-electron chi connectivity index (χ2n) is 4.92. The predicted octanol–water partition coefficient (Wildman–Crippen LogP) is 1.34. The molecular weight excluding hydrogens is 208 g/mol. The first-order valence-corrected chi connectivity index (χ1v) is 5.69. The van der Waals surface area contributed by atoms with Gasteiger partial charge in [-0.25, -0.2) is 9.59 Å². The quantitative estimate of drug-likeness (QED) is 0.664. The summed E-state index contributed by atoms with van der Waals surface area (Å²) < 4.78 is 0. The van der Waals surface area contributed by atoms with Crippen molar-refractivity contribution >= 4 is 12.0 Å². The molecule has 0 aromatic rings. The summed E-state index contributed by atoms with van der Waals surface area (Å²) in [6.45, 7) is 5.04. The number of hydrogen-bond donors (Lipinski definition) is 3. The van der Waals surface area contributed by atoms with Crippen LogP contribution in [0.25, 0.3) is 0 Å². The van der Waals surface area contributed by atoms with E-state index in [1.54, 1.807) is 0 Å². The minimum absolute atomic E-state index is 0.226. The van der Waals surface area contributed by atoms with Crippen molar-refractivity contribution in [2.45, 2.75) is 51.6 Å². The fourth-order valence-electron chi connectivity index (χ4n) is 1.66. The molecule has 0 radical (unpaired) electrons. The molecule has 5 nitrogen and oxygen atoms in total. The molecule has 3 N–H and O–H groups in total. The van der Waals surface area contributed by atoms with Gasteiger partial charge < -0.3 is 15.7 Å². The monoisotopic (exact) mass is 228 g/mol. The van der Waals surface area contributed by atoms with E-state index in [0.29, 0.717) is 5.92 Å². The Hall–Kier alpha value is -1.26. The Morgan fingerprint density at radius 2 is 2.06 bits per heavy atom. The largest absolute Gasteiger partial charge is 0.480 e. The molecule has 0 aromatic heterocycles. The standard InChI is InChI=1S/C11H20N2O3/c1-4-5-7-6-8(7)12-10(16)13-11(2,3)9(14)15/h7-8H,4-6H2,1-3H3,(H,14,15)(H2,12,13,16). The van der Waals surface area contributed by atoms with Gasteiger partial charge in [0.05, 0.1) is 0 Å². The lowest BCUT2D eigenvalue weighted by atomic mass is 10.1. The van der Waals surface area contributed by atoms with Crippen LogP contribution in [0.2, 0.25) is 0 Å². The molecule has 0 saturated heterocycles. The fourth-order valence-corrected chi connectivity index (χ4v) is 1.66. The fraction of sp³-hybridized carbons (Fsp3) is 0.818. The SMILES string of the molecule is CCCC1CC1NC(=O)NC(C)(C)C(=O)O. The average molecular weight is 228 g/mol. The van der Waals surface area contributed by atoms with Gasteiger partial charge in [0.15, 0.2) is 0 Å².